The molecule has 0 radical (unpaired) electrons. The van der Waals surface area contributed by atoms with Crippen LogP contribution in [0.2, 0.25) is 0 Å². The predicted octanol–water partition coefficient (Wildman–Crippen LogP) is 10.9. The number of pyridine rings is 1. The first-order chi connectivity index (χ1) is 20.0. The van der Waals surface area contributed by atoms with Crippen molar-refractivity contribution in [2.75, 3.05) is 25.7 Å². The van der Waals surface area contributed by atoms with Crippen molar-refractivity contribution < 1.29 is 33.1 Å². The first-order valence-corrected chi connectivity index (χ1v) is 20.0. The number of aromatic nitrogens is 1. The molecule has 1 aromatic heterocycles. The van der Waals surface area contributed by atoms with E-state index in [0.29, 0.717) is 43.8 Å². The quantitative estimate of drug-likeness (QED) is 0.299. The number of hydrogen-bond acceptors (Lipinski definition) is 4. The number of nitrogens with zero attached hydrogens (tertiary/aromatic N) is 1. The van der Waals surface area contributed by atoms with Gasteiger partial charge in [0, 0.05) is 53.3 Å². The third-order valence-corrected chi connectivity index (χ3v) is 15.5. The Balaban J connectivity index is 1.58. The minimum Gasteiger partial charge on any atom is -0.381 e. The van der Waals surface area contributed by atoms with Gasteiger partial charge in [0.2, 0.25) is 0 Å². The van der Waals surface area contributed by atoms with E-state index in [1.54, 1.807) is 0 Å². The second kappa shape index (κ2) is 9.58. The maximum Gasteiger partial charge on any atom is 0.310 e. The number of hydrogen-bond donors (Lipinski definition) is 0. The summed E-state index contributed by atoms with van der Waals surface area (Å²) in [5, 5.41) is 0. The molecule has 1 saturated heterocycles. The predicted molar refractivity (Wildman–Crippen MR) is 168 cm³/mol. The number of halogens is 5. The average Bonchev–Trinajstić information content (AvgIpc) is 3.19. The summed E-state index contributed by atoms with van der Waals surface area (Å²) in [5.41, 5.74) is 4.75. The van der Waals surface area contributed by atoms with Gasteiger partial charge in [0.05, 0.1) is 11.7 Å². The summed E-state index contributed by atoms with van der Waals surface area (Å²) in [6, 6.07) is 3.29. The summed E-state index contributed by atoms with van der Waals surface area (Å²) in [5.74, 6) is 0.00869. The minimum atomic E-state index is -9.82. The molecule has 2 aliphatic heterocycles. The average molecular weight is 664 g/mol. The lowest BCUT2D eigenvalue weighted by Gasteiger charge is -2.53. The zero-order chi connectivity index (χ0) is 32.2. The van der Waals surface area contributed by atoms with Crippen LogP contribution in [-0.4, -0.2) is 35.5 Å². The Morgan fingerprint density at radius 3 is 2.07 bits per heavy atom. The van der Waals surface area contributed by atoms with E-state index < -0.39 is 37.1 Å². The van der Waals surface area contributed by atoms with Gasteiger partial charge in [0.25, 0.3) is 0 Å². The van der Waals surface area contributed by atoms with E-state index in [1.807, 2.05) is 0 Å². The molecule has 44 heavy (non-hydrogen) atoms. The van der Waals surface area contributed by atoms with Crippen molar-refractivity contribution >= 4 is 20.5 Å². The summed E-state index contributed by atoms with van der Waals surface area (Å²) < 4.78 is 88.1. The fourth-order valence-corrected chi connectivity index (χ4v) is 9.09. The molecule has 2 aromatic rings. The van der Waals surface area contributed by atoms with E-state index in [0.717, 1.165) is 65.9 Å². The Morgan fingerprint density at radius 2 is 1.57 bits per heavy atom. The molecule has 3 heterocycles. The molecule has 2 atom stereocenters. The van der Waals surface area contributed by atoms with Gasteiger partial charge in [-0.05, 0) is 72.8 Å². The standard InChI is InChI=1S/C33H46F5NO3S2/c1-21(2)29-27-28(26-24(39-29)19-32(13-8-14-32)20-25(26)42-43(6,7)31(3,4)5)33(15-17-40-18-16-33)41-30(27)22-9-11-23(12-10-22)44(34,35,36,37)38/h9-12,21,25,30H,8,13-20H2,1-7H3. The van der Waals surface area contributed by atoms with Crippen LogP contribution in [0.1, 0.15) is 125 Å². The summed E-state index contributed by atoms with van der Waals surface area (Å²) in [4.78, 5) is 3.46. The lowest BCUT2D eigenvalue weighted by atomic mass is 9.58. The van der Waals surface area contributed by atoms with E-state index in [9.17, 15) is 19.4 Å². The number of benzene rings is 1. The highest BCUT2D eigenvalue weighted by atomic mass is 32.5. The Kier molecular flexibility index (Phi) is 7.08. The fourth-order valence-electron chi connectivity index (χ4n) is 7.41. The van der Waals surface area contributed by atoms with Gasteiger partial charge in [-0.15, -0.1) is 10.3 Å². The summed E-state index contributed by atoms with van der Waals surface area (Å²) in [6.07, 6.45) is 9.92. The van der Waals surface area contributed by atoms with Crippen LogP contribution in [0.25, 0.3) is 0 Å². The van der Waals surface area contributed by atoms with Crippen molar-refractivity contribution in [2.24, 2.45) is 5.41 Å². The highest BCUT2D eigenvalue weighted by Crippen LogP contribution is 3.02. The molecule has 2 unspecified atom stereocenters. The van der Waals surface area contributed by atoms with Crippen LogP contribution in [0.4, 0.5) is 19.4 Å². The van der Waals surface area contributed by atoms with Crippen LogP contribution in [0.15, 0.2) is 29.2 Å². The molecule has 0 amide bonds. The van der Waals surface area contributed by atoms with Gasteiger partial charge < -0.3 is 13.7 Å². The van der Waals surface area contributed by atoms with Crippen LogP contribution in [0.5, 0.6) is 0 Å². The number of ether oxygens (including phenoxy) is 2. The third kappa shape index (κ3) is 5.50. The highest BCUT2D eigenvalue weighted by Gasteiger charge is 2.65. The largest absolute Gasteiger partial charge is 0.381 e. The molecule has 4 nitrogen and oxygen atoms in total. The monoisotopic (exact) mass is 663 g/mol. The maximum absolute atomic E-state index is 13.6. The van der Waals surface area contributed by atoms with E-state index in [2.05, 4.69) is 47.1 Å². The molecule has 0 N–H and O–H groups in total. The van der Waals surface area contributed by atoms with Crippen molar-refractivity contribution in [3.63, 3.8) is 0 Å². The van der Waals surface area contributed by atoms with Gasteiger partial charge >= 0.3 is 10.2 Å². The second-order valence-electron chi connectivity index (χ2n) is 15.1. The van der Waals surface area contributed by atoms with Crippen molar-refractivity contribution in [2.45, 2.75) is 113 Å². The van der Waals surface area contributed by atoms with E-state index in [1.165, 1.54) is 6.42 Å². The van der Waals surface area contributed by atoms with E-state index in [-0.39, 0.29) is 22.2 Å². The van der Waals surface area contributed by atoms with Crippen LogP contribution in [0, 0.1) is 5.41 Å². The molecule has 248 valence electrons. The maximum atomic E-state index is 13.6. The minimum absolute atomic E-state index is 0.00869. The van der Waals surface area contributed by atoms with Crippen molar-refractivity contribution in [1.82, 2.24) is 4.98 Å². The first kappa shape index (κ1) is 32.5. The summed E-state index contributed by atoms with van der Waals surface area (Å²) in [7, 11) is -11.3. The summed E-state index contributed by atoms with van der Waals surface area (Å²) in [6.45, 7) is 11.7. The molecule has 11 heteroatoms. The molecule has 2 aliphatic carbocycles. The summed E-state index contributed by atoms with van der Waals surface area (Å²) >= 11 is 0. The lowest BCUT2D eigenvalue weighted by Crippen LogP contribution is -2.42. The van der Waals surface area contributed by atoms with Gasteiger partial charge in [-0.1, -0.05) is 72.6 Å². The fraction of sp³-hybridized carbons (Fsp3) is 0.667. The molecule has 1 aromatic carbocycles. The zero-order valence-corrected chi connectivity index (χ0v) is 28.4. The topological polar surface area (TPSA) is 40.6 Å². The third-order valence-electron chi connectivity index (χ3n) is 10.6. The molecular weight excluding hydrogens is 617 g/mol. The van der Waals surface area contributed by atoms with Gasteiger partial charge in [0.15, 0.2) is 0 Å². The molecule has 2 spiro atoms. The first-order valence-electron chi connectivity index (χ1n) is 15.6. The molecule has 0 bridgehead atoms. The zero-order valence-electron chi connectivity index (χ0n) is 26.8. The Hall–Kier alpha value is -1.40. The normalized spacial score (nSPS) is 26.6. The van der Waals surface area contributed by atoms with Crippen molar-refractivity contribution in [1.29, 1.82) is 0 Å². The molecule has 4 aliphatic rings. The molecule has 2 fully saturated rings. The Morgan fingerprint density at radius 1 is 0.955 bits per heavy atom. The molecule has 6 rings (SSSR count). The van der Waals surface area contributed by atoms with Gasteiger partial charge in [-0.25, -0.2) is 0 Å². The lowest BCUT2D eigenvalue weighted by molar-refractivity contribution is -0.122. The molecular formula is C33H46F5NO3S2. The number of fused-ring (bicyclic) bond motifs is 4. The Bertz CT molecular complexity index is 1460. The van der Waals surface area contributed by atoms with E-state index in [4.69, 9.17) is 18.6 Å². The van der Waals surface area contributed by atoms with Gasteiger partial charge in [0.1, 0.15) is 11.0 Å². The van der Waals surface area contributed by atoms with Gasteiger partial charge in [-0.2, -0.15) is 0 Å². The smallest absolute Gasteiger partial charge is 0.310 e. The second-order valence-corrected chi connectivity index (χ2v) is 21.4. The Labute approximate surface area is 260 Å². The van der Waals surface area contributed by atoms with Gasteiger partial charge in [-0.3, -0.25) is 4.98 Å². The van der Waals surface area contributed by atoms with Crippen molar-refractivity contribution in [3.8, 4) is 0 Å². The SMILES string of the molecule is CC(C)c1nc2c(c3c1C(c1ccc(S(F)(F)(F)(F)F)cc1)OC31CCOCC1)C(OS(C)(C)C(C)(C)C)CC1(CCC1)C2. The van der Waals surface area contributed by atoms with Crippen LogP contribution >= 0.6 is 20.5 Å². The molecule has 1 saturated carbocycles. The van der Waals surface area contributed by atoms with Crippen LogP contribution in [-0.2, 0) is 25.7 Å². The van der Waals surface area contributed by atoms with Crippen LogP contribution in [0.3, 0.4) is 0 Å². The van der Waals surface area contributed by atoms with Crippen molar-refractivity contribution in [3.05, 3.63) is 57.9 Å². The number of rotatable bonds is 5. The van der Waals surface area contributed by atoms with Crippen LogP contribution < -0.4 is 0 Å². The van der Waals surface area contributed by atoms with E-state index >= 15 is 0 Å². The highest BCUT2D eigenvalue weighted by molar-refractivity contribution is 8.45.